The van der Waals surface area contributed by atoms with Crippen molar-refractivity contribution in [2.75, 3.05) is 0 Å². The molecule has 6 nitrogen and oxygen atoms in total. The summed E-state index contributed by atoms with van der Waals surface area (Å²) in [6, 6.07) is 1.12. The van der Waals surface area contributed by atoms with Gasteiger partial charge in [0, 0.05) is 17.7 Å². The Morgan fingerprint density at radius 3 is 2.68 bits per heavy atom. The van der Waals surface area contributed by atoms with Gasteiger partial charge in [-0.25, -0.2) is 4.79 Å². The lowest BCUT2D eigenvalue weighted by atomic mass is 10.3. The van der Waals surface area contributed by atoms with E-state index in [9.17, 15) is 18.0 Å². The minimum absolute atomic E-state index is 0.0372. The maximum absolute atomic E-state index is 12.2. The third-order valence-corrected chi connectivity index (χ3v) is 2.42. The van der Waals surface area contributed by atoms with Gasteiger partial charge in [0.1, 0.15) is 5.75 Å². The van der Waals surface area contributed by atoms with Crippen LogP contribution in [0.25, 0.3) is 0 Å². The first kappa shape index (κ1) is 13.2. The first-order chi connectivity index (χ1) is 8.86. The molecule has 100 valence electrons. The first-order valence-corrected chi connectivity index (χ1v) is 5.40. The van der Waals surface area contributed by atoms with Crippen LogP contribution in [0.3, 0.4) is 0 Å². The summed E-state index contributed by atoms with van der Waals surface area (Å²) in [5.41, 5.74) is -0.155. The number of carboxylic acid groups (broad SMARTS) is 1. The molecule has 1 N–H and O–H groups in total. The molecule has 2 heterocycles. The summed E-state index contributed by atoms with van der Waals surface area (Å²) in [6.07, 6.45) is -2.42. The van der Waals surface area contributed by atoms with Gasteiger partial charge in [-0.3, -0.25) is 4.98 Å². The first-order valence-electron chi connectivity index (χ1n) is 4.63. The zero-order valence-corrected chi connectivity index (χ0v) is 9.70. The van der Waals surface area contributed by atoms with Gasteiger partial charge in [0.2, 0.25) is 0 Å². The molecular formula is C9H4F3N3O3S. The average Bonchev–Trinajstić information content (AvgIpc) is 2.77. The van der Waals surface area contributed by atoms with Crippen LogP contribution in [0.2, 0.25) is 0 Å². The van der Waals surface area contributed by atoms with Crippen LogP contribution in [0, 0.1) is 0 Å². The van der Waals surface area contributed by atoms with Crippen LogP contribution in [0.5, 0.6) is 10.9 Å². The number of hydrogen-bond donors (Lipinski definition) is 1. The highest BCUT2D eigenvalue weighted by Crippen LogP contribution is 2.31. The number of hydrogen-bond acceptors (Lipinski definition) is 6. The molecule has 2 aromatic heterocycles. The number of carbonyl (C=O) groups is 1. The number of alkyl halides is 3. The molecule has 0 aliphatic carbocycles. The normalized spacial score (nSPS) is 11.3. The van der Waals surface area contributed by atoms with Crippen molar-refractivity contribution in [3.63, 3.8) is 0 Å². The van der Waals surface area contributed by atoms with E-state index in [2.05, 4.69) is 14.3 Å². The SMILES string of the molecule is O=C(O)c1cncc(Oc2nc(C(F)(F)F)ns2)c1. The van der Waals surface area contributed by atoms with Crippen molar-refractivity contribution in [2.24, 2.45) is 0 Å². The molecule has 0 spiro atoms. The van der Waals surface area contributed by atoms with Crippen LogP contribution in [0.15, 0.2) is 18.5 Å². The maximum Gasteiger partial charge on any atom is 0.452 e. The van der Waals surface area contributed by atoms with Gasteiger partial charge in [0.05, 0.1) is 11.8 Å². The van der Waals surface area contributed by atoms with E-state index < -0.39 is 18.0 Å². The Labute approximate surface area is 107 Å². The van der Waals surface area contributed by atoms with Crippen molar-refractivity contribution in [3.05, 3.63) is 29.8 Å². The second-order valence-corrected chi connectivity index (χ2v) is 3.91. The Kier molecular flexibility index (Phi) is 3.34. The molecule has 0 radical (unpaired) electrons. The molecule has 0 saturated heterocycles. The van der Waals surface area contributed by atoms with Crippen molar-refractivity contribution in [3.8, 4) is 10.9 Å². The lowest BCUT2D eigenvalue weighted by Crippen LogP contribution is -2.06. The molecule has 0 aliphatic heterocycles. The minimum atomic E-state index is -4.65. The topological polar surface area (TPSA) is 85.2 Å². The zero-order chi connectivity index (χ0) is 14.0. The fraction of sp³-hybridized carbons (Fsp3) is 0.111. The Balaban J connectivity index is 2.19. The van der Waals surface area contributed by atoms with E-state index in [-0.39, 0.29) is 16.5 Å². The van der Waals surface area contributed by atoms with Crippen LogP contribution in [-0.2, 0) is 6.18 Å². The number of nitrogens with zero attached hydrogens (tertiary/aromatic N) is 3. The fourth-order valence-electron chi connectivity index (χ4n) is 1.06. The quantitative estimate of drug-likeness (QED) is 0.934. The molecule has 10 heteroatoms. The lowest BCUT2D eigenvalue weighted by molar-refractivity contribution is -0.144. The van der Waals surface area contributed by atoms with E-state index in [0.717, 1.165) is 18.5 Å². The van der Waals surface area contributed by atoms with Crippen LogP contribution in [0.1, 0.15) is 16.2 Å². The highest BCUT2D eigenvalue weighted by Gasteiger charge is 2.36. The van der Waals surface area contributed by atoms with Crippen molar-refractivity contribution in [2.45, 2.75) is 6.18 Å². The predicted octanol–water partition coefficient (Wildman–Crippen LogP) is 2.44. The molecule has 0 unspecified atom stereocenters. The van der Waals surface area contributed by atoms with Crippen LogP contribution < -0.4 is 4.74 Å². The summed E-state index contributed by atoms with van der Waals surface area (Å²) >= 11 is 0.407. The summed E-state index contributed by atoms with van der Waals surface area (Å²) < 4.78 is 44.8. The van der Waals surface area contributed by atoms with Crippen LogP contribution in [-0.4, -0.2) is 25.4 Å². The number of aromatic nitrogens is 3. The third kappa shape index (κ3) is 3.16. The maximum atomic E-state index is 12.2. The third-order valence-electron chi connectivity index (χ3n) is 1.83. The number of halogens is 3. The second kappa shape index (κ2) is 4.80. The molecule has 2 aromatic rings. The molecule has 0 aromatic carbocycles. The molecule has 0 saturated carbocycles. The van der Waals surface area contributed by atoms with Crippen molar-refractivity contribution >= 4 is 17.5 Å². The zero-order valence-electron chi connectivity index (χ0n) is 8.88. The monoisotopic (exact) mass is 291 g/mol. The van der Waals surface area contributed by atoms with E-state index in [1.165, 1.54) is 0 Å². The largest absolute Gasteiger partial charge is 0.478 e. The van der Waals surface area contributed by atoms with Crippen LogP contribution >= 0.6 is 11.5 Å². The summed E-state index contributed by atoms with van der Waals surface area (Å²) in [4.78, 5) is 17.4. The van der Waals surface area contributed by atoms with Gasteiger partial charge in [-0.1, -0.05) is 0 Å². The Morgan fingerprint density at radius 2 is 2.11 bits per heavy atom. The van der Waals surface area contributed by atoms with Gasteiger partial charge in [-0.2, -0.15) is 22.5 Å². The molecule has 0 fully saturated rings. The standard InChI is InChI=1S/C9H4F3N3O3S/c10-9(11,12)7-14-8(19-15-7)18-5-1-4(6(16)17)2-13-3-5/h1-3H,(H,16,17). The Morgan fingerprint density at radius 1 is 1.37 bits per heavy atom. The minimum Gasteiger partial charge on any atom is -0.478 e. The smallest absolute Gasteiger partial charge is 0.452 e. The summed E-state index contributed by atoms with van der Waals surface area (Å²) in [5, 5.41) is 8.37. The van der Waals surface area contributed by atoms with Crippen molar-refractivity contribution < 1.29 is 27.8 Å². The van der Waals surface area contributed by atoms with Crippen LogP contribution in [0.4, 0.5) is 13.2 Å². The summed E-state index contributed by atoms with van der Waals surface area (Å²) in [7, 11) is 0. The molecule has 0 amide bonds. The van der Waals surface area contributed by atoms with Gasteiger partial charge in [-0.05, 0) is 6.07 Å². The molecule has 0 atom stereocenters. The highest BCUT2D eigenvalue weighted by atomic mass is 32.1. The van der Waals surface area contributed by atoms with E-state index in [0.29, 0.717) is 11.5 Å². The van der Waals surface area contributed by atoms with E-state index >= 15 is 0 Å². The number of pyridine rings is 1. The van der Waals surface area contributed by atoms with Crippen molar-refractivity contribution in [1.82, 2.24) is 14.3 Å². The highest BCUT2D eigenvalue weighted by molar-refractivity contribution is 7.07. The van der Waals surface area contributed by atoms with Crippen molar-refractivity contribution in [1.29, 1.82) is 0 Å². The summed E-state index contributed by atoms with van der Waals surface area (Å²) in [6.45, 7) is 0. The molecule has 2 rings (SSSR count). The van der Waals surface area contributed by atoms with E-state index in [1.54, 1.807) is 0 Å². The van der Waals surface area contributed by atoms with Gasteiger partial charge in [-0.15, -0.1) is 0 Å². The predicted molar refractivity (Wildman–Crippen MR) is 56.2 cm³/mol. The van der Waals surface area contributed by atoms with Gasteiger partial charge < -0.3 is 9.84 Å². The number of aromatic carboxylic acids is 1. The fourth-order valence-corrected chi connectivity index (χ4v) is 1.63. The molecular weight excluding hydrogens is 287 g/mol. The van der Waals surface area contributed by atoms with Gasteiger partial charge in [0.25, 0.3) is 11.0 Å². The molecule has 19 heavy (non-hydrogen) atoms. The molecule has 0 bridgehead atoms. The van der Waals surface area contributed by atoms with Gasteiger partial charge in [0.15, 0.2) is 0 Å². The molecule has 0 aliphatic rings. The Hall–Kier alpha value is -2.23. The lowest BCUT2D eigenvalue weighted by Gasteiger charge is -2.01. The second-order valence-electron chi connectivity index (χ2n) is 3.20. The summed E-state index contributed by atoms with van der Waals surface area (Å²) in [5.74, 6) is -2.58. The van der Waals surface area contributed by atoms with E-state index in [1.807, 2.05) is 0 Å². The number of ether oxygens (including phenoxy) is 1. The van der Waals surface area contributed by atoms with Gasteiger partial charge >= 0.3 is 12.1 Å². The Bertz CT molecular complexity index is 614. The number of carboxylic acids is 1. The van der Waals surface area contributed by atoms with E-state index in [4.69, 9.17) is 9.84 Å². The average molecular weight is 291 g/mol. The number of rotatable bonds is 3.